The lowest BCUT2D eigenvalue weighted by molar-refractivity contribution is -0.119. The topological polar surface area (TPSA) is 118 Å². The number of nitrogens with zero attached hydrogens (tertiary/aromatic N) is 4. The molecular formula is C21H20ClN7O2S. The SMILES string of the molecule is Cn1c(CCc2nc3ccccc3[nH]2)nnc1SCC(=O)NNC(=O)c1ccc(Cl)cc1. The maximum Gasteiger partial charge on any atom is 0.269 e. The minimum absolute atomic E-state index is 0.0798. The second-order valence-corrected chi connectivity index (χ2v) is 8.34. The number of aromatic amines is 1. The van der Waals surface area contributed by atoms with Crippen molar-refractivity contribution in [3.63, 3.8) is 0 Å². The molecule has 0 saturated heterocycles. The van der Waals surface area contributed by atoms with Crippen LogP contribution in [0, 0.1) is 0 Å². The molecule has 11 heteroatoms. The lowest BCUT2D eigenvalue weighted by Crippen LogP contribution is -2.42. The van der Waals surface area contributed by atoms with Gasteiger partial charge in [-0.3, -0.25) is 20.4 Å². The van der Waals surface area contributed by atoms with Crippen LogP contribution in [0.2, 0.25) is 5.02 Å². The largest absolute Gasteiger partial charge is 0.342 e. The van der Waals surface area contributed by atoms with E-state index in [1.165, 1.54) is 11.8 Å². The molecule has 2 amide bonds. The van der Waals surface area contributed by atoms with Crippen molar-refractivity contribution in [1.82, 2.24) is 35.6 Å². The second kappa shape index (κ2) is 9.84. The van der Waals surface area contributed by atoms with Gasteiger partial charge in [0.15, 0.2) is 5.16 Å². The second-order valence-electron chi connectivity index (χ2n) is 6.96. The van der Waals surface area contributed by atoms with Crippen LogP contribution in [0.25, 0.3) is 11.0 Å². The Hall–Kier alpha value is -3.37. The molecule has 32 heavy (non-hydrogen) atoms. The number of hydrazine groups is 1. The van der Waals surface area contributed by atoms with Crippen molar-refractivity contribution in [2.24, 2.45) is 7.05 Å². The van der Waals surface area contributed by atoms with Crippen LogP contribution in [-0.2, 0) is 24.7 Å². The third kappa shape index (κ3) is 5.27. The van der Waals surface area contributed by atoms with Crippen molar-refractivity contribution < 1.29 is 9.59 Å². The Labute approximate surface area is 192 Å². The number of fused-ring (bicyclic) bond motifs is 1. The Balaban J connectivity index is 1.25. The van der Waals surface area contributed by atoms with E-state index in [2.05, 4.69) is 31.0 Å². The first kappa shape index (κ1) is 21.8. The number of para-hydroxylation sites is 2. The van der Waals surface area contributed by atoms with E-state index in [1.807, 2.05) is 35.9 Å². The van der Waals surface area contributed by atoms with Crippen molar-refractivity contribution in [2.45, 2.75) is 18.0 Å². The van der Waals surface area contributed by atoms with Gasteiger partial charge in [-0.15, -0.1) is 10.2 Å². The highest BCUT2D eigenvalue weighted by Gasteiger charge is 2.13. The molecule has 0 fully saturated rings. The van der Waals surface area contributed by atoms with Crippen molar-refractivity contribution in [1.29, 1.82) is 0 Å². The predicted molar refractivity (Wildman–Crippen MR) is 122 cm³/mol. The van der Waals surface area contributed by atoms with Crippen molar-refractivity contribution in [3.05, 3.63) is 70.8 Å². The highest BCUT2D eigenvalue weighted by atomic mass is 35.5. The normalized spacial score (nSPS) is 10.9. The molecule has 0 bridgehead atoms. The Morgan fingerprint density at radius 3 is 2.62 bits per heavy atom. The molecule has 0 spiro atoms. The molecule has 9 nitrogen and oxygen atoms in total. The van der Waals surface area contributed by atoms with Crippen LogP contribution < -0.4 is 10.9 Å². The van der Waals surface area contributed by atoms with E-state index in [4.69, 9.17) is 11.6 Å². The summed E-state index contributed by atoms with van der Waals surface area (Å²) in [5, 5.41) is 9.53. The molecule has 0 radical (unpaired) electrons. The Kier molecular flexibility index (Phi) is 6.72. The fourth-order valence-corrected chi connectivity index (χ4v) is 3.86. The maximum absolute atomic E-state index is 12.1. The van der Waals surface area contributed by atoms with Crippen LogP contribution in [0.15, 0.2) is 53.7 Å². The van der Waals surface area contributed by atoms with Gasteiger partial charge in [-0.25, -0.2) is 4.98 Å². The first-order valence-corrected chi connectivity index (χ1v) is 11.2. The average Bonchev–Trinajstić information content (AvgIpc) is 3.37. The summed E-state index contributed by atoms with van der Waals surface area (Å²) in [6.07, 6.45) is 1.36. The number of carbonyl (C=O) groups is 2. The van der Waals surface area contributed by atoms with E-state index in [9.17, 15) is 9.59 Å². The van der Waals surface area contributed by atoms with Gasteiger partial charge in [-0.05, 0) is 36.4 Å². The molecule has 0 aliphatic heterocycles. The van der Waals surface area contributed by atoms with Crippen LogP contribution in [0.5, 0.6) is 0 Å². The number of halogens is 1. The molecule has 0 saturated carbocycles. The molecule has 2 heterocycles. The third-order valence-corrected chi connectivity index (χ3v) is 5.98. The molecule has 0 atom stereocenters. The Bertz CT molecular complexity index is 1220. The van der Waals surface area contributed by atoms with Crippen LogP contribution in [-0.4, -0.2) is 42.3 Å². The van der Waals surface area contributed by atoms with Crippen LogP contribution >= 0.6 is 23.4 Å². The van der Waals surface area contributed by atoms with E-state index in [-0.39, 0.29) is 11.7 Å². The molecule has 2 aromatic carbocycles. The van der Waals surface area contributed by atoms with Gasteiger partial charge < -0.3 is 9.55 Å². The van der Waals surface area contributed by atoms with Gasteiger partial charge in [-0.2, -0.15) is 0 Å². The number of aryl methyl sites for hydroxylation is 2. The zero-order valence-corrected chi connectivity index (χ0v) is 18.7. The van der Waals surface area contributed by atoms with E-state index in [0.717, 1.165) is 22.7 Å². The summed E-state index contributed by atoms with van der Waals surface area (Å²) in [5.41, 5.74) is 7.10. The third-order valence-electron chi connectivity index (χ3n) is 4.70. The first-order valence-electron chi connectivity index (χ1n) is 9.79. The van der Waals surface area contributed by atoms with Gasteiger partial charge >= 0.3 is 0 Å². The van der Waals surface area contributed by atoms with Crippen LogP contribution in [0.3, 0.4) is 0 Å². The monoisotopic (exact) mass is 469 g/mol. The summed E-state index contributed by atoms with van der Waals surface area (Å²) in [7, 11) is 1.86. The molecule has 0 aliphatic rings. The number of carbonyl (C=O) groups excluding carboxylic acids is 2. The number of nitrogens with one attached hydrogen (secondary N) is 3. The molecule has 4 rings (SSSR count). The zero-order valence-electron chi connectivity index (χ0n) is 17.1. The zero-order chi connectivity index (χ0) is 22.5. The number of aromatic nitrogens is 5. The van der Waals surface area contributed by atoms with E-state index in [1.54, 1.807) is 24.3 Å². The van der Waals surface area contributed by atoms with Crippen molar-refractivity contribution in [2.75, 3.05) is 5.75 Å². The molecule has 3 N–H and O–H groups in total. The lowest BCUT2D eigenvalue weighted by Gasteiger charge is -2.07. The Morgan fingerprint density at radius 1 is 1.06 bits per heavy atom. The lowest BCUT2D eigenvalue weighted by atomic mass is 10.2. The van der Waals surface area contributed by atoms with Gasteiger partial charge in [0.05, 0.1) is 16.8 Å². The first-order chi connectivity index (χ1) is 15.5. The minimum Gasteiger partial charge on any atom is -0.342 e. The molecule has 164 valence electrons. The summed E-state index contributed by atoms with van der Waals surface area (Å²) in [6.45, 7) is 0. The molecule has 0 unspecified atom stereocenters. The average molecular weight is 470 g/mol. The summed E-state index contributed by atoms with van der Waals surface area (Å²) < 4.78 is 1.85. The maximum atomic E-state index is 12.1. The number of benzene rings is 2. The number of hydrogen-bond donors (Lipinski definition) is 3. The van der Waals surface area contributed by atoms with Crippen molar-refractivity contribution >= 4 is 46.2 Å². The summed E-state index contributed by atoms with van der Waals surface area (Å²) in [4.78, 5) is 32.0. The van der Waals surface area contributed by atoms with Gasteiger partial charge in [-0.1, -0.05) is 35.5 Å². The molecule has 0 aliphatic carbocycles. The van der Waals surface area contributed by atoms with Crippen LogP contribution in [0.4, 0.5) is 0 Å². The predicted octanol–water partition coefficient (Wildman–Crippen LogP) is 2.68. The van der Waals surface area contributed by atoms with Crippen molar-refractivity contribution in [3.8, 4) is 0 Å². The standard InChI is InChI=1S/C21H20ClN7O2S/c1-29-18(11-10-17-23-15-4-2-3-5-16(15)24-17)25-28-21(29)32-12-19(30)26-27-20(31)13-6-8-14(22)9-7-13/h2-9H,10-12H2,1H3,(H,23,24)(H,26,30)(H,27,31). The number of amides is 2. The quantitative estimate of drug-likeness (QED) is 0.283. The van der Waals surface area contributed by atoms with Gasteiger partial charge in [0.25, 0.3) is 5.91 Å². The number of rotatable bonds is 7. The van der Waals surface area contributed by atoms with E-state index >= 15 is 0 Å². The molecular weight excluding hydrogens is 450 g/mol. The van der Waals surface area contributed by atoms with E-state index in [0.29, 0.717) is 28.6 Å². The fourth-order valence-electron chi connectivity index (χ4n) is 3.01. The van der Waals surface area contributed by atoms with Crippen LogP contribution in [0.1, 0.15) is 22.0 Å². The molecule has 4 aromatic rings. The highest BCUT2D eigenvalue weighted by molar-refractivity contribution is 7.99. The fraction of sp³-hybridized carbons (Fsp3) is 0.190. The van der Waals surface area contributed by atoms with Gasteiger partial charge in [0.1, 0.15) is 11.6 Å². The number of imidazole rings is 1. The smallest absolute Gasteiger partial charge is 0.269 e. The molecule has 2 aromatic heterocycles. The number of H-pyrrole nitrogens is 1. The summed E-state index contributed by atoms with van der Waals surface area (Å²) in [5.74, 6) is 0.982. The summed E-state index contributed by atoms with van der Waals surface area (Å²) >= 11 is 7.04. The van der Waals surface area contributed by atoms with Gasteiger partial charge in [0.2, 0.25) is 5.91 Å². The number of hydrogen-bond acceptors (Lipinski definition) is 6. The minimum atomic E-state index is -0.424. The van der Waals surface area contributed by atoms with E-state index < -0.39 is 5.91 Å². The highest BCUT2D eigenvalue weighted by Crippen LogP contribution is 2.17. The summed E-state index contributed by atoms with van der Waals surface area (Å²) in [6, 6.07) is 14.2. The Morgan fingerprint density at radius 2 is 1.84 bits per heavy atom. The number of thioether (sulfide) groups is 1. The van der Waals surface area contributed by atoms with Gasteiger partial charge in [0, 0.05) is 30.5 Å².